The molecule has 1 unspecified atom stereocenters. The van der Waals surface area contributed by atoms with Crippen LogP contribution < -0.4 is 5.32 Å². The zero-order valence-corrected chi connectivity index (χ0v) is 12.3. The first-order valence-electron chi connectivity index (χ1n) is 7.03. The second kappa shape index (κ2) is 7.73. The Morgan fingerprint density at radius 2 is 2.11 bits per heavy atom. The summed E-state index contributed by atoms with van der Waals surface area (Å²) < 4.78 is 5.75. The van der Waals surface area contributed by atoms with Crippen molar-refractivity contribution in [3.05, 3.63) is 29.3 Å². The van der Waals surface area contributed by atoms with Crippen molar-refractivity contribution >= 4 is 17.3 Å². The van der Waals surface area contributed by atoms with Crippen molar-refractivity contribution in [2.75, 3.05) is 38.6 Å². The molecule has 0 amide bonds. The van der Waals surface area contributed by atoms with Crippen molar-refractivity contribution in [2.45, 2.75) is 25.4 Å². The predicted octanol–water partition coefficient (Wildman–Crippen LogP) is 3.25. The number of rotatable bonds is 6. The average molecular weight is 283 g/mol. The van der Waals surface area contributed by atoms with E-state index in [-0.39, 0.29) is 0 Å². The number of hydrogen-bond acceptors (Lipinski definition) is 3. The lowest BCUT2D eigenvalue weighted by molar-refractivity contribution is -0.000835. The number of likely N-dealkylation sites (N-methyl/N-ethyl adjacent to an activating group) is 1. The van der Waals surface area contributed by atoms with E-state index in [0.717, 1.165) is 37.0 Å². The Morgan fingerprint density at radius 1 is 1.32 bits per heavy atom. The van der Waals surface area contributed by atoms with Crippen LogP contribution in [0.2, 0.25) is 5.02 Å². The molecule has 0 radical (unpaired) electrons. The van der Waals surface area contributed by atoms with Crippen LogP contribution in [0.15, 0.2) is 24.3 Å². The minimum atomic E-state index is 0.425. The topological polar surface area (TPSA) is 24.5 Å². The molecule has 1 aromatic carbocycles. The summed E-state index contributed by atoms with van der Waals surface area (Å²) in [6, 6.07) is 7.83. The lowest BCUT2D eigenvalue weighted by atomic mass is 10.1. The summed E-state index contributed by atoms with van der Waals surface area (Å²) in [5, 5.41) is 4.17. The summed E-state index contributed by atoms with van der Waals surface area (Å²) >= 11 is 5.85. The van der Waals surface area contributed by atoms with Gasteiger partial charge in [0.1, 0.15) is 0 Å². The first kappa shape index (κ1) is 14.6. The van der Waals surface area contributed by atoms with Crippen LogP contribution in [0.4, 0.5) is 5.69 Å². The highest BCUT2D eigenvalue weighted by Crippen LogP contribution is 2.14. The Hall–Kier alpha value is -0.770. The molecule has 0 spiro atoms. The van der Waals surface area contributed by atoms with Gasteiger partial charge < -0.3 is 15.0 Å². The highest BCUT2D eigenvalue weighted by atomic mass is 35.5. The summed E-state index contributed by atoms with van der Waals surface area (Å²) in [6.07, 6.45) is 4.16. The van der Waals surface area contributed by atoms with E-state index in [1.807, 2.05) is 24.3 Å². The van der Waals surface area contributed by atoms with Crippen LogP contribution in [0.25, 0.3) is 0 Å². The monoisotopic (exact) mass is 282 g/mol. The highest BCUT2D eigenvalue weighted by Gasteiger charge is 2.15. The molecule has 0 saturated carbocycles. The third-order valence-corrected chi connectivity index (χ3v) is 3.71. The molecule has 1 fully saturated rings. The second-order valence-electron chi connectivity index (χ2n) is 5.18. The van der Waals surface area contributed by atoms with Crippen molar-refractivity contribution in [3.63, 3.8) is 0 Å². The zero-order chi connectivity index (χ0) is 13.5. The molecule has 19 heavy (non-hydrogen) atoms. The van der Waals surface area contributed by atoms with Gasteiger partial charge in [0.05, 0.1) is 6.10 Å². The minimum Gasteiger partial charge on any atom is -0.384 e. The van der Waals surface area contributed by atoms with Gasteiger partial charge in [0, 0.05) is 37.0 Å². The maximum atomic E-state index is 5.85. The fourth-order valence-corrected chi connectivity index (χ4v) is 2.48. The van der Waals surface area contributed by atoms with Crippen LogP contribution in [-0.2, 0) is 4.74 Å². The van der Waals surface area contributed by atoms with Crippen molar-refractivity contribution in [2.24, 2.45) is 0 Å². The molecule has 1 heterocycles. The SMILES string of the molecule is CN(CCNc1ccc(Cl)cc1)CC1CCCCO1. The van der Waals surface area contributed by atoms with Crippen LogP contribution in [0.3, 0.4) is 0 Å². The van der Waals surface area contributed by atoms with Crippen molar-refractivity contribution in [3.8, 4) is 0 Å². The van der Waals surface area contributed by atoms with E-state index in [9.17, 15) is 0 Å². The van der Waals surface area contributed by atoms with Crippen LogP contribution in [0.1, 0.15) is 19.3 Å². The molecule has 1 aromatic rings. The van der Waals surface area contributed by atoms with Crippen LogP contribution in [-0.4, -0.2) is 44.3 Å². The summed E-state index contributed by atoms with van der Waals surface area (Å²) in [5.74, 6) is 0. The number of nitrogens with one attached hydrogen (secondary N) is 1. The molecular weight excluding hydrogens is 260 g/mol. The molecule has 1 saturated heterocycles. The summed E-state index contributed by atoms with van der Waals surface area (Å²) in [4.78, 5) is 2.33. The first-order chi connectivity index (χ1) is 9.24. The van der Waals surface area contributed by atoms with Crippen molar-refractivity contribution in [1.29, 1.82) is 0 Å². The fourth-order valence-electron chi connectivity index (χ4n) is 2.35. The number of halogens is 1. The van der Waals surface area contributed by atoms with E-state index in [1.54, 1.807) is 0 Å². The normalized spacial score (nSPS) is 19.6. The van der Waals surface area contributed by atoms with Crippen LogP contribution in [0, 0.1) is 0 Å². The van der Waals surface area contributed by atoms with E-state index in [2.05, 4.69) is 17.3 Å². The highest BCUT2D eigenvalue weighted by molar-refractivity contribution is 6.30. The van der Waals surface area contributed by atoms with E-state index < -0.39 is 0 Å². The largest absolute Gasteiger partial charge is 0.384 e. The smallest absolute Gasteiger partial charge is 0.0701 e. The van der Waals surface area contributed by atoms with E-state index in [1.165, 1.54) is 19.3 Å². The van der Waals surface area contributed by atoms with Gasteiger partial charge in [0.2, 0.25) is 0 Å². The van der Waals surface area contributed by atoms with Gasteiger partial charge >= 0.3 is 0 Å². The van der Waals surface area contributed by atoms with Gasteiger partial charge in [-0.05, 0) is 50.6 Å². The van der Waals surface area contributed by atoms with Crippen LogP contribution in [0.5, 0.6) is 0 Å². The predicted molar refractivity (Wildman–Crippen MR) is 81.0 cm³/mol. The molecule has 3 nitrogen and oxygen atoms in total. The van der Waals surface area contributed by atoms with E-state index in [4.69, 9.17) is 16.3 Å². The van der Waals surface area contributed by atoms with Gasteiger partial charge in [-0.15, -0.1) is 0 Å². The van der Waals surface area contributed by atoms with Gasteiger partial charge in [-0.3, -0.25) is 0 Å². The molecule has 0 bridgehead atoms. The molecule has 1 N–H and O–H groups in total. The first-order valence-corrected chi connectivity index (χ1v) is 7.41. The molecule has 1 aliphatic heterocycles. The Kier molecular flexibility index (Phi) is 5.95. The summed E-state index contributed by atoms with van der Waals surface area (Å²) in [6.45, 7) is 3.91. The standard InChI is InChI=1S/C15H23ClN2O/c1-18(12-15-4-2-3-11-19-15)10-9-17-14-7-5-13(16)6-8-14/h5-8,15,17H,2-4,9-12H2,1H3. The third-order valence-electron chi connectivity index (χ3n) is 3.46. The van der Waals surface area contributed by atoms with Gasteiger partial charge in [-0.2, -0.15) is 0 Å². The molecular formula is C15H23ClN2O. The Bertz CT molecular complexity index is 363. The maximum absolute atomic E-state index is 5.85. The lowest BCUT2D eigenvalue weighted by Gasteiger charge is -2.27. The van der Waals surface area contributed by atoms with Crippen molar-refractivity contribution in [1.82, 2.24) is 4.90 Å². The fraction of sp³-hybridized carbons (Fsp3) is 0.600. The molecule has 1 aliphatic rings. The lowest BCUT2D eigenvalue weighted by Crippen LogP contribution is -2.35. The van der Waals surface area contributed by atoms with Crippen LogP contribution >= 0.6 is 11.6 Å². The second-order valence-corrected chi connectivity index (χ2v) is 5.62. The average Bonchev–Trinajstić information content (AvgIpc) is 2.42. The molecule has 0 aliphatic carbocycles. The third kappa shape index (κ3) is 5.39. The summed E-state index contributed by atoms with van der Waals surface area (Å²) in [7, 11) is 2.15. The molecule has 0 aromatic heterocycles. The molecule has 4 heteroatoms. The Balaban J connectivity index is 1.63. The summed E-state index contributed by atoms with van der Waals surface area (Å²) in [5.41, 5.74) is 1.12. The minimum absolute atomic E-state index is 0.425. The van der Waals surface area contributed by atoms with E-state index in [0.29, 0.717) is 6.10 Å². The zero-order valence-electron chi connectivity index (χ0n) is 11.6. The van der Waals surface area contributed by atoms with Gasteiger partial charge in [0.15, 0.2) is 0 Å². The molecule has 1 atom stereocenters. The van der Waals surface area contributed by atoms with E-state index >= 15 is 0 Å². The van der Waals surface area contributed by atoms with Gasteiger partial charge in [0.25, 0.3) is 0 Å². The number of anilines is 1. The number of nitrogens with zero attached hydrogens (tertiary/aromatic N) is 1. The maximum Gasteiger partial charge on any atom is 0.0701 e. The molecule has 106 valence electrons. The van der Waals surface area contributed by atoms with Crippen molar-refractivity contribution < 1.29 is 4.74 Å². The van der Waals surface area contributed by atoms with Gasteiger partial charge in [-0.1, -0.05) is 11.6 Å². The number of hydrogen-bond donors (Lipinski definition) is 1. The number of ether oxygens (including phenoxy) is 1. The Labute approximate surface area is 120 Å². The Morgan fingerprint density at radius 3 is 2.79 bits per heavy atom. The quantitative estimate of drug-likeness (QED) is 0.867. The number of benzene rings is 1. The molecule has 2 rings (SSSR count). The van der Waals surface area contributed by atoms with Gasteiger partial charge in [-0.25, -0.2) is 0 Å².